The third-order valence-corrected chi connectivity index (χ3v) is 7.85. The van der Waals surface area contributed by atoms with Crippen molar-refractivity contribution in [3.63, 3.8) is 0 Å². The number of nitrogens with one attached hydrogen (secondary N) is 2. The number of piperazine rings is 1. The highest BCUT2D eigenvalue weighted by Crippen LogP contribution is 2.19. The van der Waals surface area contributed by atoms with Crippen LogP contribution >= 0.6 is 0 Å². The number of carbonyl (C=O) groups is 2. The molecule has 0 spiro atoms. The van der Waals surface area contributed by atoms with Gasteiger partial charge in [-0.3, -0.25) is 4.79 Å². The van der Waals surface area contributed by atoms with Gasteiger partial charge in [-0.1, -0.05) is 25.0 Å². The van der Waals surface area contributed by atoms with Gasteiger partial charge in [0, 0.05) is 57.4 Å². The predicted molar refractivity (Wildman–Crippen MR) is 123 cm³/mol. The maximum Gasteiger partial charge on any atom is 0.315 e. The normalized spacial score (nSPS) is 18.9. The van der Waals surface area contributed by atoms with E-state index in [9.17, 15) is 18.0 Å². The third kappa shape index (κ3) is 6.43. The minimum atomic E-state index is -3.46. The van der Waals surface area contributed by atoms with E-state index in [-0.39, 0.29) is 18.0 Å². The zero-order valence-corrected chi connectivity index (χ0v) is 19.9. The number of carbonyl (C=O) groups excluding carboxylic acids is 2. The largest absolute Gasteiger partial charge is 0.336 e. The Bertz CT molecular complexity index is 872. The first-order valence-corrected chi connectivity index (χ1v) is 12.8. The van der Waals surface area contributed by atoms with Gasteiger partial charge in [0.25, 0.3) is 16.1 Å². The predicted octanol–water partition coefficient (Wildman–Crippen LogP) is 1.77. The molecule has 9 nitrogen and oxygen atoms in total. The second-order valence-electron chi connectivity index (χ2n) is 8.69. The molecule has 1 aromatic rings. The van der Waals surface area contributed by atoms with Crippen molar-refractivity contribution >= 4 is 22.1 Å². The number of hydrogen-bond donors (Lipinski definition) is 2. The molecule has 3 rings (SSSR count). The summed E-state index contributed by atoms with van der Waals surface area (Å²) in [6.07, 6.45) is 3.97. The number of rotatable bonds is 6. The maximum absolute atomic E-state index is 13.0. The van der Waals surface area contributed by atoms with Gasteiger partial charge in [0.2, 0.25) is 0 Å². The van der Waals surface area contributed by atoms with Crippen molar-refractivity contribution in [2.45, 2.75) is 52.1 Å². The lowest BCUT2D eigenvalue weighted by Gasteiger charge is -2.36. The highest BCUT2D eigenvalue weighted by atomic mass is 32.2. The molecule has 178 valence electrons. The fourth-order valence-corrected chi connectivity index (χ4v) is 5.67. The molecule has 2 saturated heterocycles. The highest BCUT2D eigenvalue weighted by Gasteiger charge is 2.33. The average molecular weight is 466 g/mol. The summed E-state index contributed by atoms with van der Waals surface area (Å²) in [7, 11) is -3.46. The molecule has 0 bridgehead atoms. The molecule has 0 atom stereocenters. The molecule has 3 amide bonds. The van der Waals surface area contributed by atoms with Crippen LogP contribution in [-0.2, 0) is 16.8 Å². The fourth-order valence-electron chi connectivity index (χ4n) is 4.00. The Labute approximate surface area is 191 Å². The third-order valence-electron chi connectivity index (χ3n) is 5.82. The van der Waals surface area contributed by atoms with E-state index in [1.54, 1.807) is 21.3 Å². The van der Waals surface area contributed by atoms with E-state index in [0.717, 1.165) is 31.2 Å². The van der Waals surface area contributed by atoms with Crippen LogP contribution in [0.5, 0.6) is 0 Å². The quantitative estimate of drug-likeness (QED) is 0.668. The van der Waals surface area contributed by atoms with Crippen molar-refractivity contribution in [1.29, 1.82) is 0 Å². The summed E-state index contributed by atoms with van der Waals surface area (Å²) in [5.41, 5.74) is 1.46. The van der Waals surface area contributed by atoms with Crippen LogP contribution in [0.3, 0.4) is 0 Å². The number of benzene rings is 1. The van der Waals surface area contributed by atoms with Crippen LogP contribution in [0, 0.1) is 0 Å². The number of hydrogen-bond acceptors (Lipinski definition) is 4. The Morgan fingerprint density at radius 1 is 0.875 bits per heavy atom. The molecule has 2 aliphatic rings. The summed E-state index contributed by atoms with van der Waals surface area (Å²) in [6.45, 7) is 6.72. The van der Waals surface area contributed by atoms with Crippen molar-refractivity contribution in [1.82, 2.24) is 24.1 Å². The zero-order valence-electron chi connectivity index (χ0n) is 19.0. The van der Waals surface area contributed by atoms with Crippen LogP contribution in [0.2, 0.25) is 0 Å². The lowest BCUT2D eigenvalue weighted by molar-refractivity contribution is 0.0694. The van der Waals surface area contributed by atoms with Gasteiger partial charge in [-0.2, -0.15) is 17.0 Å². The Morgan fingerprint density at radius 3 is 2.00 bits per heavy atom. The van der Waals surface area contributed by atoms with E-state index in [1.807, 2.05) is 26.0 Å². The van der Waals surface area contributed by atoms with Crippen molar-refractivity contribution in [2.24, 2.45) is 0 Å². The summed E-state index contributed by atoms with van der Waals surface area (Å²) in [6, 6.07) is 6.98. The van der Waals surface area contributed by atoms with Gasteiger partial charge in [-0.25, -0.2) is 4.79 Å². The average Bonchev–Trinajstić information content (AvgIpc) is 3.07. The standard InChI is InChI=1S/C22H35N5O4S/c1-18(2)24-22(29)23-17-19-7-9-20(10-8-19)21(28)25-13-15-27(16-14-25)32(30,31)26-11-5-3-4-6-12-26/h7-10,18H,3-6,11-17H2,1-2H3,(H2,23,24,29). The zero-order chi connectivity index (χ0) is 23.1. The van der Waals surface area contributed by atoms with Crippen LogP contribution in [0.1, 0.15) is 55.5 Å². The van der Waals surface area contributed by atoms with Gasteiger partial charge >= 0.3 is 6.03 Å². The van der Waals surface area contributed by atoms with Crippen molar-refractivity contribution in [3.8, 4) is 0 Å². The molecule has 0 aliphatic carbocycles. The van der Waals surface area contributed by atoms with Crippen molar-refractivity contribution < 1.29 is 18.0 Å². The monoisotopic (exact) mass is 465 g/mol. The molecule has 2 heterocycles. The first-order valence-electron chi connectivity index (χ1n) is 11.4. The molecule has 0 aromatic heterocycles. The van der Waals surface area contributed by atoms with Crippen LogP contribution in [0.4, 0.5) is 4.79 Å². The minimum Gasteiger partial charge on any atom is -0.336 e. The molecule has 2 N–H and O–H groups in total. The Kier molecular flexibility index (Phi) is 8.50. The smallest absolute Gasteiger partial charge is 0.315 e. The number of nitrogens with zero attached hydrogens (tertiary/aromatic N) is 3. The molecule has 32 heavy (non-hydrogen) atoms. The SMILES string of the molecule is CC(C)NC(=O)NCc1ccc(C(=O)N2CCN(S(=O)(=O)N3CCCCCC3)CC2)cc1. The summed E-state index contributed by atoms with van der Waals surface area (Å²) in [5, 5.41) is 5.54. The molecular formula is C22H35N5O4S. The van der Waals surface area contributed by atoms with Crippen LogP contribution in [-0.4, -0.2) is 79.2 Å². The van der Waals surface area contributed by atoms with Crippen molar-refractivity contribution in [2.75, 3.05) is 39.3 Å². The first kappa shape index (κ1) is 24.5. The van der Waals surface area contributed by atoms with Gasteiger partial charge in [0.1, 0.15) is 0 Å². The van der Waals surface area contributed by atoms with Crippen LogP contribution in [0.25, 0.3) is 0 Å². The molecule has 10 heteroatoms. The molecule has 0 saturated carbocycles. The molecule has 2 fully saturated rings. The van der Waals surface area contributed by atoms with Crippen LogP contribution < -0.4 is 10.6 Å². The van der Waals surface area contributed by atoms with E-state index < -0.39 is 10.2 Å². The van der Waals surface area contributed by atoms with Gasteiger partial charge in [0.15, 0.2) is 0 Å². The van der Waals surface area contributed by atoms with E-state index in [2.05, 4.69) is 10.6 Å². The Balaban J connectivity index is 1.51. The lowest BCUT2D eigenvalue weighted by Crippen LogP contribution is -2.54. The lowest BCUT2D eigenvalue weighted by atomic mass is 10.1. The summed E-state index contributed by atoms with van der Waals surface area (Å²) >= 11 is 0. The van der Waals surface area contributed by atoms with Gasteiger partial charge in [0.05, 0.1) is 0 Å². The van der Waals surface area contributed by atoms with Gasteiger partial charge in [-0.15, -0.1) is 0 Å². The topological polar surface area (TPSA) is 102 Å². The van der Waals surface area contributed by atoms with Crippen molar-refractivity contribution in [3.05, 3.63) is 35.4 Å². The molecular weight excluding hydrogens is 430 g/mol. The summed E-state index contributed by atoms with van der Waals surface area (Å²) < 4.78 is 29.0. The van der Waals surface area contributed by atoms with Crippen LogP contribution in [0.15, 0.2) is 24.3 Å². The second-order valence-corrected chi connectivity index (χ2v) is 10.6. The maximum atomic E-state index is 13.0. The molecule has 2 aliphatic heterocycles. The molecule has 0 unspecified atom stereocenters. The Hall–Kier alpha value is -2.17. The Morgan fingerprint density at radius 2 is 1.44 bits per heavy atom. The fraction of sp³-hybridized carbons (Fsp3) is 0.636. The first-order chi connectivity index (χ1) is 15.3. The van der Waals surface area contributed by atoms with E-state index in [1.165, 1.54) is 4.31 Å². The minimum absolute atomic E-state index is 0.0646. The van der Waals surface area contributed by atoms with E-state index in [4.69, 9.17) is 0 Å². The van der Waals surface area contributed by atoms with E-state index in [0.29, 0.717) is 51.4 Å². The number of urea groups is 1. The summed E-state index contributed by atoms with van der Waals surface area (Å²) in [5.74, 6) is -0.103. The van der Waals surface area contributed by atoms with Gasteiger partial charge < -0.3 is 15.5 Å². The van der Waals surface area contributed by atoms with Gasteiger partial charge in [-0.05, 0) is 44.4 Å². The summed E-state index contributed by atoms with van der Waals surface area (Å²) in [4.78, 5) is 26.3. The highest BCUT2D eigenvalue weighted by molar-refractivity contribution is 7.86. The second kappa shape index (κ2) is 11.1. The molecule has 1 aromatic carbocycles. The van der Waals surface area contributed by atoms with E-state index >= 15 is 0 Å². The molecule has 0 radical (unpaired) electrons. The number of amides is 3.